The lowest BCUT2D eigenvalue weighted by atomic mass is 10.1. The van der Waals surface area contributed by atoms with Crippen molar-refractivity contribution in [3.8, 4) is 0 Å². The van der Waals surface area contributed by atoms with Crippen molar-refractivity contribution < 1.29 is 14.4 Å². The number of aliphatic imine (C=N–C) groups is 1. The first-order valence-electron chi connectivity index (χ1n) is 7.29. The summed E-state index contributed by atoms with van der Waals surface area (Å²) in [6.45, 7) is 0.824. The van der Waals surface area contributed by atoms with Crippen LogP contribution in [0.4, 0.5) is 4.79 Å². The van der Waals surface area contributed by atoms with Gasteiger partial charge in [-0.2, -0.15) is 0 Å². The molecule has 0 saturated carbocycles. The average Bonchev–Trinajstić information content (AvgIpc) is 2.97. The third-order valence-electron chi connectivity index (χ3n) is 3.43. The predicted molar refractivity (Wildman–Crippen MR) is 83.5 cm³/mol. The number of urea groups is 1. The van der Waals surface area contributed by atoms with E-state index >= 15 is 0 Å². The number of hydrazine groups is 1. The van der Waals surface area contributed by atoms with E-state index in [0.29, 0.717) is 38.8 Å². The maximum absolute atomic E-state index is 12.4. The van der Waals surface area contributed by atoms with Gasteiger partial charge in [0, 0.05) is 13.1 Å². The van der Waals surface area contributed by atoms with Gasteiger partial charge in [-0.25, -0.2) is 10.2 Å². The molecule has 1 fully saturated rings. The Hall–Kier alpha value is -2.56. The Bertz CT molecular complexity index is 477. The lowest BCUT2D eigenvalue weighted by molar-refractivity contribution is -0.139. The van der Waals surface area contributed by atoms with Crippen molar-refractivity contribution in [3.63, 3.8) is 0 Å². The summed E-state index contributed by atoms with van der Waals surface area (Å²) < 4.78 is 0. The fourth-order valence-electron chi connectivity index (χ4n) is 2.37. The topological polar surface area (TPSA) is 195 Å². The largest absolute Gasteiger partial charge is 0.370 e. The van der Waals surface area contributed by atoms with Gasteiger partial charge in [0.25, 0.3) is 5.91 Å². The Labute approximate surface area is 133 Å². The summed E-state index contributed by atoms with van der Waals surface area (Å²) >= 11 is 0. The molecule has 11 heteroatoms. The summed E-state index contributed by atoms with van der Waals surface area (Å²) in [5.74, 6) is -0.822. The Balaban J connectivity index is 2.50. The van der Waals surface area contributed by atoms with Crippen molar-refractivity contribution in [1.82, 2.24) is 15.8 Å². The van der Waals surface area contributed by atoms with Gasteiger partial charge < -0.3 is 27.8 Å². The van der Waals surface area contributed by atoms with Gasteiger partial charge in [0.05, 0.1) is 6.04 Å². The van der Waals surface area contributed by atoms with E-state index < -0.39 is 24.0 Å². The first-order valence-corrected chi connectivity index (χ1v) is 7.29. The monoisotopic (exact) mass is 328 g/mol. The van der Waals surface area contributed by atoms with Crippen LogP contribution in [0.3, 0.4) is 0 Å². The van der Waals surface area contributed by atoms with Crippen LogP contribution < -0.4 is 33.8 Å². The average molecular weight is 328 g/mol. The third kappa shape index (κ3) is 5.98. The van der Waals surface area contributed by atoms with Gasteiger partial charge in [-0.05, 0) is 25.7 Å². The fraction of sp³-hybridized carbons (Fsp3) is 0.667. The second kappa shape index (κ2) is 8.78. The van der Waals surface area contributed by atoms with Crippen molar-refractivity contribution in [3.05, 3.63) is 0 Å². The highest BCUT2D eigenvalue weighted by atomic mass is 16.2. The van der Waals surface area contributed by atoms with Crippen LogP contribution in [-0.4, -0.2) is 53.9 Å². The van der Waals surface area contributed by atoms with E-state index in [4.69, 9.17) is 22.9 Å². The molecule has 4 amide bonds. The van der Waals surface area contributed by atoms with E-state index in [0.717, 1.165) is 0 Å². The number of primary amides is 1. The minimum Gasteiger partial charge on any atom is -0.370 e. The van der Waals surface area contributed by atoms with Crippen LogP contribution in [0.15, 0.2) is 4.99 Å². The van der Waals surface area contributed by atoms with E-state index in [9.17, 15) is 14.4 Å². The van der Waals surface area contributed by atoms with Crippen molar-refractivity contribution >= 4 is 23.8 Å². The number of nitrogens with two attached hydrogens (primary N) is 4. The van der Waals surface area contributed by atoms with Crippen molar-refractivity contribution in [1.29, 1.82) is 0 Å². The molecule has 2 atom stereocenters. The van der Waals surface area contributed by atoms with Gasteiger partial charge in [-0.1, -0.05) is 0 Å². The molecule has 1 aliphatic rings. The van der Waals surface area contributed by atoms with Gasteiger partial charge >= 0.3 is 6.03 Å². The van der Waals surface area contributed by atoms with Gasteiger partial charge in [0.2, 0.25) is 5.91 Å². The van der Waals surface area contributed by atoms with Gasteiger partial charge in [-0.3, -0.25) is 20.0 Å². The number of hydrogen-bond donors (Lipinski definition) is 6. The number of hydrogen-bond acceptors (Lipinski definition) is 5. The molecule has 0 bridgehead atoms. The van der Waals surface area contributed by atoms with E-state index in [1.54, 1.807) is 0 Å². The molecule has 130 valence electrons. The molecular weight excluding hydrogens is 304 g/mol. The molecule has 0 aromatic heterocycles. The second-order valence-corrected chi connectivity index (χ2v) is 5.22. The van der Waals surface area contributed by atoms with E-state index in [1.807, 2.05) is 5.43 Å². The summed E-state index contributed by atoms with van der Waals surface area (Å²) in [6.07, 6.45) is 2.14. The number of nitrogens with one attached hydrogen (secondary N) is 2. The number of likely N-dealkylation sites (tertiary alicyclic amines) is 1. The Morgan fingerprint density at radius 2 is 1.91 bits per heavy atom. The van der Waals surface area contributed by atoms with E-state index in [1.165, 1.54) is 4.90 Å². The van der Waals surface area contributed by atoms with Crippen LogP contribution >= 0.6 is 0 Å². The molecule has 1 aliphatic heterocycles. The molecule has 0 aliphatic carbocycles. The number of carbonyl (C=O) groups is 3. The van der Waals surface area contributed by atoms with E-state index in [2.05, 4.69) is 10.4 Å². The molecule has 10 N–H and O–H groups in total. The van der Waals surface area contributed by atoms with Crippen LogP contribution in [-0.2, 0) is 9.59 Å². The van der Waals surface area contributed by atoms with Gasteiger partial charge in [0.1, 0.15) is 6.04 Å². The number of carbonyl (C=O) groups excluding carboxylic acids is 3. The SMILES string of the molecule is NC(=O)NNC(=O)[C@@H]1CCCN1C(=O)[C@@H](N)CCCN=C(N)N. The maximum atomic E-state index is 12.4. The smallest absolute Gasteiger partial charge is 0.330 e. The Morgan fingerprint density at radius 3 is 2.52 bits per heavy atom. The zero-order valence-electron chi connectivity index (χ0n) is 12.8. The molecular formula is C12H24N8O3. The molecule has 0 radical (unpaired) electrons. The minimum absolute atomic E-state index is 0.0110. The lowest BCUT2D eigenvalue weighted by Crippen LogP contribution is -2.55. The number of nitrogens with zero attached hydrogens (tertiary/aromatic N) is 2. The maximum Gasteiger partial charge on any atom is 0.330 e. The molecule has 1 saturated heterocycles. The lowest BCUT2D eigenvalue weighted by Gasteiger charge is -2.26. The molecule has 0 spiro atoms. The molecule has 0 aromatic rings. The summed E-state index contributed by atoms with van der Waals surface area (Å²) in [5.41, 5.74) is 25.3. The Kier molecular flexibility index (Phi) is 7.06. The molecule has 1 rings (SSSR count). The van der Waals surface area contributed by atoms with Crippen molar-refractivity contribution in [2.24, 2.45) is 27.9 Å². The standard InChI is InChI=1S/C12H24N8O3/c13-7(3-1-5-17-11(14)15)10(22)20-6-2-4-8(20)9(21)18-19-12(16)23/h7-8H,1-6,13H2,(H,18,21)(H4,14,15,17)(H3,16,19,23)/t7-,8-/m0/s1. The normalized spacial score (nSPS) is 18.1. The third-order valence-corrected chi connectivity index (χ3v) is 3.43. The zero-order chi connectivity index (χ0) is 17.4. The number of rotatable bonds is 6. The highest BCUT2D eigenvalue weighted by Gasteiger charge is 2.36. The summed E-state index contributed by atoms with van der Waals surface area (Å²) in [4.78, 5) is 40.1. The highest BCUT2D eigenvalue weighted by molar-refractivity contribution is 5.91. The molecule has 0 aromatic carbocycles. The van der Waals surface area contributed by atoms with Gasteiger partial charge in [0.15, 0.2) is 5.96 Å². The van der Waals surface area contributed by atoms with Crippen molar-refractivity contribution in [2.45, 2.75) is 37.8 Å². The zero-order valence-corrected chi connectivity index (χ0v) is 12.8. The molecule has 11 nitrogen and oxygen atoms in total. The summed E-state index contributed by atoms with van der Waals surface area (Å²) in [6, 6.07) is -2.29. The summed E-state index contributed by atoms with van der Waals surface area (Å²) in [7, 11) is 0. The molecule has 1 heterocycles. The minimum atomic E-state index is -0.884. The predicted octanol–water partition coefficient (Wildman–Crippen LogP) is -2.94. The Morgan fingerprint density at radius 1 is 1.22 bits per heavy atom. The number of amides is 4. The summed E-state index contributed by atoms with van der Waals surface area (Å²) in [5, 5.41) is 0. The van der Waals surface area contributed by atoms with E-state index in [-0.39, 0.29) is 11.9 Å². The molecule has 23 heavy (non-hydrogen) atoms. The second-order valence-electron chi connectivity index (χ2n) is 5.22. The van der Waals surface area contributed by atoms with Crippen LogP contribution in [0.2, 0.25) is 0 Å². The van der Waals surface area contributed by atoms with Crippen molar-refractivity contribution in [2.75, 3.05) is 13.1 Å². The first kappa shape index (κ1) is 18.5. The van der Waals surface area contributed by atoms with Crippen LogP contribution in [0, 0.1) is 0 Å². The quantitative estimate of drug-likeness (QED) is 0.130. The molecule has 0 unspecified atom stereocenters. The fourth-order valence-corrected chi connectivity index (χ4v) is 2.37. The van der Waals surface area contributed by atoms with Crippen LogP contribution in [0.25, 0.3) is 0 Å². The van der Waals surface area contributed by atoms with Crippen LogP contribution in [0.5, 0.6) is 0 Å². The number of guanidine groups is 1. The first-order chi connectivity index (χ1) is 10.8. The van der Waals surface area contributed by atoms with Crippen LogP contribution in [0.1, 0.15) is 25.7 Å². The van der Waals surface area contributed by atoms with Gasteiger partial charge in [-0.15, -0.1) is 0 Å². The highest BCUT2D eigenvalue weighted by Crippen LogP contribution is 2.18.